The highest BCUT2D eigenvalue weighted by Crippen LogP contribution is 2.32. The predicted octanol–water partition coefficient (Wildman–Crippen LogP) is 5.44. The summed E-state index contributed by atoms with van der Waals surface area (Å²) in [7, 11) is -3.84. The summed E-state index contributed by atoms with van der Waals surface area (Å²) in [5.74, 6) is -0.800. The van der Waals surface area contributed by atoms with Crippen LogP contribution in [0, 0.1) is 12.7 Å². The van der Waals surface area contributed by atoms with Crippen LogP contribution in [-0.4, -0.2) is 20.9 Å². The Balaban J connectivity index is 1.84. The van der Waals surface area contributed by atoms with E-state index >= 15 is 0 Å². The maximum absolute atomic E-state index is 13.7. The number of aryl methyl sites for hydroxylation is 1. The molecule has 0 saturated heterocycles. The van der Waals surface area contributed by atoms with Gasteiger partial charge in [0, 0.05) is 17.0 Å². The van der Waals surface area contributed by atoms with Gasteiger partial charge in [0.15, 0.2) is 9.84 Å². The largest absolute Gasteiger partial charge is 0.350 e. The van der Waals surface area contributed by atoms with E-state index < -0.39 is 20.9 Å². The zero-order valence-corrected chi connectivity index (χ0v) is 19.6. The Morgan fingerprint density at radius 2 is 1.77 bits per heavy atom. The molecule has 3 rings (SSSR count). The third-order valence-corrected chi connectivity index (χ3v) is 8.37. The number of rotatable bonds is 6. The van der Waals surface area contributed by atoms with Gasteiger partial charge in [-0.3, -0.25) is 4.79 Å². The molecular formula is C24H26FNO3S2. The molecule has 1 heterocycles. The van der Waals surface area contributed by atoms with Crippen molar-refractivity contribution in [2.24, 2.45) is 0 Å². The fraction of sp³-hybridized carbons (Fsp3) is 0.292. The minimum absolute atomic E-state index is 0.0271. The molecule has 0 fully saturated rings. The Morgan fingerprint density at radius 1 is 1.10 bits per heavy atom. The molecule has 0 spiro atoms. The van der Waals surface area contributed by atoms with Crippen molar-refractivity contribution in [3.05, 3.63) is 87.4 Å². The zero-order chi connectivity index (χ0) is 22.8. The lowest BCUT2D eigenvalue weighted by Gasteiger charge is -2.20. The molecule has 1 atom stereocenters. The Bertz CT molecular complexity index is 1160. The zero-order valence-electron chi connectivity index (χ0n) is 18.0. The van der Waals surface area contributed by atoms with Gasteiger partial charge in [0.05, 0.1) is 4.90 Å². The van der Waals surface area contributed by atoms with E-state index in [0.717, 1.165) is 11.6 Å². The highest BCUT2D eigenvalue weighted by Gasteiger charge is 2.31. The lowest BCUT2D eigenvalue weighted by molar-refractivity contribution is 0.0953. The van der Waals surface area contributed by atoms with Gasteiger partial charge in [-0.25, -0.2) is 12.8 Å². The van der Waals surface area contributed by atoms with Crippen LogP contribution in [0.5, 0.6) is 0 Å². The van der Waals surface area contributed by atoms with Crippen molar-refractivity contribution in [3.63, 3.8) is 0 Å². The van der Waals surface area contributed by atoms with E-state index in [1.165, 1.54) is 30.4 Å². The minimum Gasteiger partial charge on any atom is -0.350 e. The van der Waals surface area contributed by atoms with E-state index in [9.17, 15) is 17.6 Å². The van der Waals surface area contributed by atoms with Gasteiger partial charge in [-0.1, -0.05) is 39.0 Å². The van der Waals surface area contributed by atoms with Gasteiger partial charge in [0.2, 0.25) is 0 Å². The van der Waals surface area contributed by atoms with Crippen LogP contribution in [-0.2, 0) is 15.3 Å². The quantitative estimate of drug-likeness (QED) is 0.500. The molecule has 0 aliphatic rings. The minimum atomic E-state index is -3.84. The second-order valence-electron chi connectivity index (χ2n) is 8.50. The van der Waals surface area contributed by atoms with Gasteiger partial charge >= 0.3 is 0 Å². The summed E-state index contributed by atoms with van der Waals surface area (Å²) in [5.41, 5.74) is 1.80. The van der Waals surface area contributed by atoms with Crippen LogP contribution < -0.4 is 5.32 Å². The number of nitrogens with one attached hydrogen (secondary N) is 1. The van der Waals surface area contributed by atoms with E-state index in [0.29, 0.717) is 10.4 Å². The normalized spacial score (nSPS) is 13.1. The predicted molar refractivity (Wildman–Crippen MR) is 123 cm³/mol. The Labute approximate surface area is 187 Å². The average molecular weight is 460 g/mol. The molecule has 0 radical (unpaired) electrons. The van der Waals surface area contributed by atoms with Gasteiger partial charge in [0.1, 0.15) is 11.1 Å². The summed E-state index contributed by atoms with van der Waals surface area (Å²) < 4.78 is 40.3. The standard InChI is InChI=1S/C24H26FNO3S2/c1-16-14-19(11-12-20(16)25)31(28,29)22(21-6-5-13-30-21)15-26-23(27)17-7-9-18(10-8-17)24(2,3)4/h5-14,22H,15H2,1-4H3,(H,26,27)/t22-/m0/s1. The second kappa shape index (κ2) is 8.93. The number of carbonyl (C=O) groups is 1. The van der Waals surface area contributed by atoms with Crippen LogP contribution >= 0.6 is 11.3 Å². The first-order valence-corrected chi connectivity index (χ1v) is 12.3. The van der Waals surface area contributed by atoms with E-state index in [1.54, 1.807) is 29.6 Å². The maximum Gasteiger partial charge on any atom is 0.251 e. The first kappa shape index (κ1) is 23.2. The molecule has 31 heavy (non-hydrogen) atoms. The summed E-state index contributed by atoms with van der Waals surface area (Å²) in [6, 6.07) is 14.6. The lowest BCUT2D eigenvalue weighted by atomic mass is 9.87. The molecule has 3 aromatic rings. The van der Waals surface area contributed by atoms with Gasteiger partial charge < -0.3 is 5.32 Å². The summed E-state index contributed by atoms with van der Waals surface area (Å²) in [6.45, 7) is 7.72. The number of hydrogen-bond acceptors (Lipinski definition) is 4. The van der Waals surface area contributed by atoms with Crippen LogP contribution in [0.4, 0.5) is 4.39 Å². The van der Waals surface area contributed by atoms with Crippen molar-refractivity contribution >= 4 is 27.1 Å². The van der Waals surface area contributed by atoms with E-state index in [1.807, 2.05) is 12.1 Å². The number of sulfone groups is 1. The van der Waals surface area contributed by atoms with Crippen molar-refractivity contribution in [2.45, 2.75) is 43.3 Å². The Morgan fingerprint density at radius 3 is 2.32 bits per heavy atom. The van der Waals surface area contributed by atoms with Crippen molar-refractivity contribution in [1.29, 1.82) is 0 Å². The SMILES string of the molecule is Cc1cc(S(=O)(=O)[C@@H](CNC(=O)c2ccc(C(C)(C)C)cc2)c2cccs2)ccc1F. The monoisotopic (exact) mass is 459 g/mol. The molecule has 1 aromatic heterocycles. The first-order valence-electron chi connectivity index (χ1n) is 9.92. The summed E-state index contributed by atoms with van der Waals surface area (Å²) in [6.07, 6.45) is 0. The number of hydrogen-bond donors (Lipinski definition) is 1. The van der Waals surface area contributed by atoms with Crippen LogP contribution in [0.25, 0.3) is 0 Å². The van der Waals surface area contributed by atoms with Gasteiger partial charge in [-0.15, -0.1) is 11.3 Å². The van der Waals surface area contributed by atoms with Gasteiger partial charge in [-0.05, 0) is 65.2 Å². The highest BCUT2D eigenvalue weighted by molar-refractivity contribution is 7.91. The molecule has 0 unspecified atom stereocenters. The average Bonchev–Trinajstić information content (AvgIpc) is 3.23. The lowest BCUT2D eigenvalue weighted by Crippen LogP contribution is -2.31. The third kappa shape index (κ3) is 5.22. The van der Waals surface area contributed by atoms with Gasteiger partial charge in [0.25, 0.3) is 5.91 Å². The fourth-order valence-corrected chi connectivity index (χ4v) is 6.07. The summed E-state index contributed by atoms with van der Waals surface area (Å²) >= 11 is 1.31. The maximum atomic E-state index is 13.7. The van der Waals surface area contributed by atoms with Crippen LogP contribution in [0.1, 0.15) is 52.4 Å². The topological polar surface area (TPSA) is 63.2 Å². The van der Waals surface area contributed by atoms with Crippen molar-refractivity contribution < 1.29 is 17.6 Å². The smallest absolute Gasteiger partial charge is 0.251 e. The number of halogens is 1. The molecule has 164 valence electrons. The second-order valence-corrected chi connectivity index (χ2v) is 11.6. The first-order chi connectivity index (χ1) is 14.5. The third-order valence-electron chi connectivity index (χ3n) is 5.15. The Hall–Kier alpha value is -2.51. The highest BCUT2D eigenvalue weighted by atomic mass is 32.2. The molecule has 0 aliphatic heterocycles. The van der Waals surface area contributed by atoms with Crippen LogP contribution in [0.3, 0.4) is 0 Å². The van der Waals surface area contributed by atoms with Crippen LogP contribution in [0.15, 0.2) is 64.9 Å². The number of thiophene rings is 1. The molecule has 0 bridgehead atoms. The van der Waals surface area contributed by atoms with Crippen molar-refractivity contribution in [1.82, 2.24) is 5.32 Å². The van der Waals surface area contributed by atoms with E-state index in [2.05, 4.69) is 26.1 Å². The van der Waals surface area contributed by atoms with Gasteiger partial charge in [-0.2, -0.15) is 0 Å². The molecular weight excluding hydrogens is 433 g/mol. The molecule has 1 amide bonds. The number of carbonyl (C=O) groups excluding carboxylic acids is 1. The molecule has 0 saturated carbocycles. The van der Waals surface area contributed by atoms with Crippen molar-refractivity contribution in [2.75, 3.05) is 6.54 Å². The molecule has 1 N–H and O–H groups in total. The summed E-state index contributed by atoms with van der Waals surface area (Å²) in [4.78, 5) is 13.3. The van der Waals surface area contributed by atoms with E-state index in [4.69, 9.17) is 0 Å². The fourth-order valence-electron chi connectivity index (χ4n) is 3.21. The number of amides is 1. The van der Waals surface area contributed by atoms with Crippen LogP contribution in [0.2, 0.25) is 0 Å². The molecule has 2 aromatic carbocycles. The molecule has 7 heteroatoms. The number of benzene rings is 2. The molecule has 4 nitrogen and oxygen atoms in total. The van der Waals surface area contributed by atoms with Crippen molar-refractivity contribution in [3.8, 4) is 0 Å². The molecule has 0 aliphatic carbocycles. The Kier molecular flexibility index (Phi) is 6.67. The van der Waals surface area contributed by atoms with E-state index in [-0.39, 0.29) is 28.3 Å². The summed E-state index contributed by atoms with van der Waals surface area (Å²) in [5, 5.41) is 3.59.